The van der Waals surface area contributed by atoms with Crippen LogP contribution in [0.4, 0.5) is 0 Å². The summed E-state index contributed by atoms with van der Waals surface area (Å²) >= 11 is 6.01. The molecular formula is C14H19ClN2O3. The quantitative estimate of drug-likeness (QED) is 0.816. The fraction of sp³-hybridized carbons (Fsp3) is 0.500. The first kappa shape index (κ1) is 15.3. The van der Waals surface area contributed by atoms with Crippen LogP contribution in [0, 0.1) is 0 Å². The Morgan fingerprint density at radius 2 is 2.30 bits per heavy atom. The maximum atomic E-state index is 11.6. The van der Waals surface area contributed by atoms with Crippen molar-refractivity contribution in [1.29, 1.82) is 0 Å². The second-order valence-corrected chi connectivity index (χ2v) is 5.12. The van der Waals surface area contributed by atoms with Crippen LogP contribution < -0.4 is 10.8 Å². The lowest BCUT2D eigenvalue weighted by Crippen LogP contribution is -2.38. The number of methoxy groups -OCH3 is 1. The van der Waals surface area contributed by atoms with Crippen LogP contribution in [0.15, 0.2) is 24.3 Å². The zero-order chi connectivity index (χ0) is 14.4. The molecule has 5 nitrogen and oxygen atoms in total. The van der Waals surface area contributed by atoms with Gasteiger partial charge in [-0.05, 0) is 37.1 Å². The van der Waals surface area contributed by atoms with Gasteiger partial charge in [-0.3, -0.25) is 4.79 Å². The average Bonchev–Trinajstić information content (AvgIpc) is 2.58. The van der Waals surface area contributed by atoms with Crippen LogP contribution in [0.2, 0.25) is 5.02 Å². The van der Waals surface area contributed by atoms with E-state index < -0.39 is 0 Å². The Bertz CT molecular complexity index is 456. The zero-order valence-electron chi connectivity index (χ0n) is 11.4. The monoisotopic (exact) mass is 298 g/mol. The molecule has 1 aromatic carbocycles. The molecule has 0 saturated carbocycles. The molecule has 110 valence electrons. The van der Waals surface area contributed by atoms with E-state index in [1.807, 2.05) is 24.3 Å². The van der Waals surface area contributed by atoms with Gasteiger partial charge >= 0.3 is 5.97 Å². The van der Waals surface area contributed by atoms with Crippen LogP contribution in [0.25, 0.3) is 0 Å². The summed E-state index contributed by atoms with van der Waals surface area (Å²) < 4.78 is 4.76. The van der Waals surface area contributed by atoms with Crippen molar-refractivity contribution in [1.82, 2.24) is 10.8 Å². The molecule has 2 atom stereocenters. The second-order valence-electron chi connectivity index (χ2n) is 4.68. The summed E-state index contributed by atoms with van der Waals surface area (Å²) in [6.07, 6.45) is 1.36. The predicted octanol–water partition coefficient (Wildman–Crippen LogP) is 1.83. The van der Waals surface area contributed by atoms with E-state index in [2.05, 4.69) is 10.8 Å². The van der Waals surface area contributed by atoms with E-state index in [0.29, 0.717) is 24.6 Å². The van der Waals surface area contributed by atoms with E-state index in [1.165, 1.54) is 7.11 Å². The van der Waals surface area contributed by atoms with Crippen LogP contribution in [-0.2, 0) is 14.4 Å². The molecule has 0 spiro atoms. The zero-order valence-corrected chi connectivity index (χ0v) is 12.2. The Balaban J connectivity index is 1.99. The molecule has 1 aliphatic heterocycles. The van der Waals surface area contributed by atoms with E-state index in [0.717, 1.165) is 12.0 Å². The fourth-order valence-electron chi connectivity index (χ4n) is 2.20. The fourth-order valence-corrected chi connectivity index (χ4v) is 2.40. The third kappa shape index (κ3) is 4.18. The first-order valence-corrected chi connectivity index (χ1v) is 7.02. The number of halogens is 1. The van der Waals surface area contributed by atoms with Crippen molar-refractivity contribution in [2.24, 2.45) is 0 Å². The van der Waals surface area contributed by atoms with E-state index in [9.17, 15) is 4.79 Å². The number of esters is 1. The average molecular weight is 299 g/mol. The number of ether oxygens (including phenoxy) is 1. The molecule has 2 rings (SSSR count). The molecule has 0 aromatic heterocycles. The molecule has 6 heteroatoms. The van der Waals surface area contributed by atoms with Crippen LogP contribution in [0.3, 0.4) is 0 Å². The molecular weight excluding hydrogens is 280 g/mol. The summed E-state index contributed by atoms with van der Waals surface area (Å²) in [6, 6.07) is 7.39. The van der Waals surface area contributed by atoms with Crippen molar-refractivity contribution in [3.63, 3.8) is 0 Å². The number of nitrogens with one attached hydrogen (secondary N) is 2. The molecule has 0 amide bonds. The first-order valence-electron chi connectivity index (χ1n) is 6.64. The Morgan fingerprint density at radius 1 is 1.45 bits per heavy atom. The summed E-state index contributed by atoms with van der Waals surface area (Å²) in [6.45, 7) is 1.12. The number of hydroxylamine groups is 1. The van der Waals surface area contributed by atoms with Crippen molar-refractivity contribution in [2.45, 2.75) is 24.9 Å². The lowest BCUT2D eigenvalue weighted by Gasteiger charge is -2.18. The van der Waals surface area contributed by atoms with Crippen LogP contribution in [-0.4, -0.2) is 32.3 Å². The summed E-state index contributed by atoms with van der Waals surface area (Å²) in [5.74, 6) is -0.255. The summed E-state index contributed by atoms with van der Waals surface area (Å²) in [5.41, 5.74) is 4.10. The van der Waals surface area contributed by atoms with Gasteiger partial charge in [-0.25, -0.2) is 0 Å². The number of carbonyl (C=O) groups is 1. The number of hydrogen-bond acceptors (Lipinski definition) is 5. The van der Waals surface area contributed by atoms with Gasteiger partial charge in [0.1, 0.15) is 6.04 Å². The van der Waals surface area contributed by atoms with Crippen LogP contribution >= 0.6 is 11.6 Å². The normalized spacial score (nSPS) is 24.3. The van der Waals surface area contributed by atoms with Crippen LogP contribution in [0.5, 0.6) is 0 Å². The number of rotatable bonds is 2. The molecule has 20 heavy (non-hydrogen) atoms. The standard InChI is InChI=1S/C14H19ClN2O3/c1-19-14(18)13-6-8-20-17-12(5-7-16-13)10-3-2-4-11(15)9-10/h2-4,9,12-13,16-17H,5-8H2,1H3/t12?,13-/m0/s1. The predicted molar refractivity (Wildman–Crippen MR) is 76.3 cm³/mol. The summed E-state index contributed by atoms with van der Waals surface area (Å²) in [5, 5.41) is 3.90. The van der Waals surface area contributed by atoms with Crippen molar-refractivity contribution in [3.8, 4) is 0 Å². The number of carbonyl (C=O) groups excluding carboxylic acids is 1. The lowest BCUT2D eigenvalue weighted by atomic mass is 10.0. The highest BCUT2D eigenvalue weighted by Gasteiger charge is 2.21. The molecule has 2 N–H and O–H groups in total. The van der Waals surface area contributed by atoms with E-state index in [4.69, 9.17) is 21.2 Å². The van der Waals surface area contributed by atoms with E-state index >= 15 is 0 Å². The Kier molecular flexibility index (Phi) is 5.79. The first-order chi connectivity index (χ1) is 9.70. The maximum absolute atomic E-state index is 11.6. The molecule has 1 fully saturated rings. The van der Waals surface area contributed by atoms with Gasteiger partial charge in [0.25, 0.3) is 0 Å². The van der Waals surface area contributed by atoms with Gasteiger partial charge in [0.05, 0.1) is 19.8 Å². The molecule has 0 bridgehead atoms. The van der Waals surface area contributed by atoms with Crippen molar-refractivity contribution < 1.29 is 14.4 Å². The van der Waals surface area contributed by atoms with Gasteiger partial charge in [0.2, 0.25) is 0 Å². The minimum Gasteiger partial charge on any atom is -0.468 e. The van der Waals surface area contributed by atoms with Gasteiger partial charge in [-0.1, -0.05) is 23.7 Å². The van der Waals surface area contributed by atoms with E-state index in [1.54, 1.807) is 0 Å². The molecule has 1 heterocycles. The number of hydrogen-bond donors (Lipinski definition) is 2. The van der Waals surface area contributed by atoms with Gasteiger partial charge in [0.15, 0.2) is 0 Å². The third-order valence-corrected chi connectivity index (χ3v) is 3.53. The highest BCUT2D eigenvalue weighted by molar-refractivity contribution is 6.30. The van der Waals surface area contributed by atoms with Gasteiger partial charge in [-0.15, -0.1) is 0 Å². The highest BCUT2D eigenvalue weighted by Crippen LogP contribution is 2.21. The van der Waals surface area contributed by atoms with Crippen LogP contribution in [0.1, 0.15) is 24.4 Å². The minimum absolute atomic E-state index is 0.0394. The van der Waals surface area contributed by atoms with E-state index in [-0.39, 0.29) is 18.1 Å². The Morgan fingerprint density at radius 3 is 3.05 bits per heavy atom. The lowest BCUT2D eigenvalue weighted by molar-refractivity contribution is -0.143. The Labute approximate surface area is 123 Å². The minimum atomic E-state index is -0.320. The third-order valence-electron chi connectivity index (χ3n) is 3.29. The van der Waals surface area contributed by atoms with Crippen molar-refractivity contribution in [3.05, 3.63) is 34.9 Å². The molecule has 0 radical (unpaired) electrons. The smallest absolute Gasteiger partial charge is 0.322 e. The largest absolute Gasteiger partial charge is 0.468 e. The van der Waals surface area contributed by atoms with Gasteiger partial charge < -0.3 is 14.9 Å². The molecule has 1 unspecified atom stereocenters. The van der Waals surface area contributed by atoms with Crippen molar-refractivity contribution >= 4 is 17.6 Å². The van der Waals surface area contributed by atoms with Crippen molar-refractivity contribution in [2.75, 3.05) is 20.3 Å². The molecule has 1 saturated heterocycles. The Hall–Kier alpha value is -1.14. The summed E-state index contributed by atoms with van der Waals surface area (Å²) in [7, 11) is 1.39. The number of benzene rings is 1. The second kappa shape index (κ2) is 7.59. The molecule has 0 aliphatic carbocycles. The van der Waals surface area contributed by atoms with Gasteiger partial charge in [-0.2, -0.15) is 5.48 Å². The maximum Gasteiger partial charge on any atom is 0.322 e. The molecule has 1 aromatic rings. The topological polar surface area (TPSA) is 59.6 Å². The summed E-state index contributed by atoms with van der Waals surface area (Å²) in [4.78, 5) is 17.0. The highest BCUT2D eigenvalue weighted by atomic mass is 35.5. The van der Waals surface area contributed by atoms with Gasteiger partial charge in [0, 0.05) is 5.02 Å². The molecule has 1 aliphatic rings. The SMILES string of the molecule is COC(=O)[C@@H]1CCONC(c2cccc(Cl)c2)CCN1.